The summed E-state index contributed by atoms with van der Waals surface area (Å²) in [5.74, 6) is -0.393. The van der Waals surface area contributed by atoms with Gasteiger partial charge in [-0.25, -0.2) is 0 Å². The van der Waals surface area contributed by atoms with Gasteiger partial charge in [0.25, 0.3) is 5.91 Å². The van der Waals surface area contributed by atoms with Crippen molar-refractivity contribution >= 4 is 17.7 Å². The molecule has 1 aromatic rings. The zero-order valence-electron chi connectivity index (χ0n) is 16.0. The van der Waals surface area contributed by atoms with Crippen LogP contribution in [0.25, 0.3) is 6.08 Å². The number of rotatable bonds is 4. The number of anilines is 1. The molecule has 1 aromatic heterocycles. The van der Waals surface area contributed by atoms with Crippen LogP contribution in [0.4, 0.5) is 5.69 Å². The molecular formula is C22H30N4O. The lowest BCUT2D eigenvalue weighted by atomic mass is 9.88. The van der Waals surface area contributed by atoms with E-state index >= 15 is 0 Å². The minimum atomic E-state index is -0.393. The van der Waals surface area contributed by atoms with Crippen molar-refractivity contribution < 1.29 is 4.79 Å². The fourth-order valence-corrected chi connectivity index (χ4v) is 6.05. The van der Waals surface area contributed by atoms with Gasteiger partial charge in [0, 0.05) is 42.3 Å². The predicted octanol–water partition coefficient (Wildman–Crippen LogP) is 3.49. The van der Waals surface area contributed by atoms with Gasteiger partial charge in [0.2, 0.25) is 0 Å². The summed E-state index contributed by atoms with van der Waals surface area (Å²) < 4.78 is 0. The number of carbonyl (C=O) groups is 1. The first-order valence-electron chi connectivity index (χ1n) is 10.7. The van der Waals surface area contributed by atoms with E-state index in [0.29, 0.717) is 23.7 Å². The second kappa shape index (κ2) is 6.93. The maximum Gasteiger partial charge on any atom is 0.252 e. The molecule has 5 heteroatoms. The lowest BCUT2D eigenvalue weighted by molar-refractivity contribution is 0.0607. The molecule has 3 heterocycles. The summed E-state index contributed by atoms with van der Waals surface area (Å²) in [4.78, 5) is 19.3. The molecule has 1 amide bonds. The zero-order valence-corrected chi connectivity index (χ0v) is 16.0. The van der Waals surface area contributed by atoms with Crippen molar-refractivity contribution in [2.24, 2.45) is 5.73 Å². The third-order valence-electron chi connectivity index (χ3n) is 7.19. The summed E-state index contributed by atoms with van der Waals surface area (Å²) in [6.45, 7) is 0. The molecule has 3 atom stereocenters. The van der Waals surface area contributed by atoms with Gasteiger partial charge in [-0.15, -0.1) is 0 Å². The molecule has 0 aromatic carbocycles. The Morgan fingerprint density at radius 3 is 2.52 bits per heavy atom. The van der Waals surface area contributed by atoms with Gasteiger partial charge in [-0.3, -0.25) is 14.7 Å². The Morgan fingerprint density at radius 2 is 1.81 bits per heavy atom. The van der Waals surface area contributed by atoms with Gasteiger partial charge in [-0.2, -0.15) is 0 Å². The largest absolute Gasteiger partial charge is 0.381 e. The van der Waals surface area contributed by atoms with Crippen LogP contribution in [0.3, 0.4) is 0 Å². The quantitative estimate of drug-likeness (QED) is 0.856. The molecule has 3 N–H and O–H groups in total. The summed E-state index contributed by atoms with van der Waals surface area (Å²) in [5.41, 5.74) is 9.20. The van der Waals surface area contributed by atoms with Gasteiger partial charge in [-0.05, 0) is 38.5 Å². The van der Waals surface area contributed by atoms with E-state index < -0.39 is 5.91 Å². The van der Waals surface area contributed by atoms with Gasteiger partial charge < -0.3 is 11.1 Å². The summed E-state index contributed by atoms with van der Waals surface area (Å²) in [7, 11) is 0. The zero-order chi connectivity index (χ0) is 18.4. The number of nitrogens with one attached hydrogen (secondary N) is 1. The number of amides is 1. The number of hydrogen-bond acceptors (Lipinski definition) is 4. The van der Waals surface area contributed by atoms with Crippen LogP contribution in [-0.2, 0) is 6.42 Å². The topological polar surface area (TPSA) is 71.2 Å². The van der Waals surface area contributed by atoms with Crippen molar-refractivity contribution in [3.05, 3.63) is 29.1 Å². The molecule has 27 heavy (non-hydrogen) atoms. The summed E-state index contributed by atoms with van der Waals surface area (Å²) in [6.07, 6.45) is 18.7. The lowest BCUT2D eigenvalue weighted by Crippen LogP contribution is -2.52. The monoisotopic (exact) mass is 366 g/mol. The van der Waals surface area contributed by atoms with Gasteiger partial charge in [0.05, 0.1) is 16.9 Å². The summed E-state index contributed by atoms with van der Waals surface area (Å²) >= 11 is 0. The molecule has 5 rings (SSSR count). The van der Waals surface area contributed by atoms with Crippen molar-refractivity contribution in [2.45, 2.75) is 88.4 Å². The number of allylic oxidation sites excluding steroid dienone is 1. The average molecular weight is 367 g/mol. The van der Waals surface area contributed by atoms with E-state index in [1.807, 2.05) is 0 Å². The Labute approximate surface area is 161 Å². The maximum absolute atomic E-state index is 12.0. The third-order valence-corrected chi connectivity index (χ3v) is 7.19. The molecule has 1 saturated carbocycles. The Morgan fingerprint density at radius 1 is 1.07 bits per heavy atom. The molecule has 4 aliphatic rings. The highest BCUT2D eigenvalue weighted by Gasteiger charge is 2.44. The van der Waals surface area contributed by atoms with Crippen LogP contribution < -0.4 is 11.1 Å². The molecule has 0 spiro atoms. The summed E-state index contributed by atoms with van der Waals surface area (Å²) in [5, 5.41) is 3.74. The number of carbonyl (C=O) groups excluding carboxylic acids is 1. The molecule has 1 unspecified atom stereocenters. The molecule has 3 fully saturated rings. The van der Waals surface area contributed by atoms with Crippen molar-refractivity contribution in [1.29, 1.82) is 0 Å². The lowest BCUT2D eigenvalue weighted by Gasteiger charge is -2.45. The van der Waals surface area contributed by atoms with E-state index in [0.717, 1.165) is 29.4 Å². The van der Waals surface area contributed by atoms with Crippen molar-refractivity contribution in [1.82, 2.24) is 9.88 Å². The highest BCUT2D eigenvalue weighted by molar-refractivity contribution is 6.00. The second-order valence-electron chi connectivity index (χ2n) is 8.81. The second-order valence-corrected chi connectivity index (χ2v) is 8.81. The molecule has 5 nitrogen and oxygen atoms in total. The first kappa shape index (κ1) is 17.2. The van der Waals surface area contributed by atoms with E-state index in [4.69, 9.17) is 5.73 Å². The Bertz CT molecular complexity index is 754. The standard InChI is InChI=1S/C22H30N4O/c23-22(27)19-13-24-20-8-4-7-18(20)21(19)25-14-11-16-9-10-17(12-14)26(16)15-5-2-1-3-6-15/h4,7,13-17H,1-3,5-6,8-12H2,(H2,23,27)(H,24,25)/t14?,16-,17+. The fourth-order valence-electron chi connectivity index (χ4n) is 6.05. The van der Waals surface area contributed by atoms with Crippen LogP contribution in [0.5, 0.6) is 0 Å². The minimum Gasteiger partial charge on any atom is -0.381 e. The fraction of sp³-hybridized carbons (Fsp3) is 0.636. The van der Waals surface area contributed by atoms with Gasteiger partial charge in [0.1, 0.15) is 0 Å². The number of nitrogens with zero attached hydrogens (tertiary/aromatic N) is 2. The van der Waals surface area contributed by atoms with E-state index in [9.17, 15) is 4.79 Å². The van der Waals surface area contributed by atoms with Crippen molar-refractivity contribution in [2.75, 3.05) is 5.32 Å². The van der Waals surface area contributed by atoms with E-state index in [1.165, 1.54) is 57.8 Å². The van der Waals surface area contributed by atoms with Gasteiger partial charge in [-0.1, -0.05) is 31.4 Å². The van der Waals surface area contributed by atoms with Crippen LogP contribution in [0.2, 0.25) is 0 Å². The number of fused-ring (bicyclic) bond motifs is 3. The SMILES string of the molecule is NC(=O)c1cnc2c(c1NC1C[C@H]3CC[C@@H](C1)N3C1CCCCC1)C=CC2. The van der Waals surface area contributed by atoms with E-state index in [-0.39, 0.29) is 0 Å². The molecule has 0 radical (unpaired) electrons. The van der Waals surface area contributed by atoms with Crippen molar-refractivity contribution in [3.8, 4) is 0 Å². The van der Waals surface area contributed by atoms with Crippen LogP contribution in [0.1, 0.15) is 79.4 Å². The van der Waals surface area contributed by atoms with Crippen molar-refractivity contribution in [3.63, 3.8) is 0 Å². The molecule has 144 valence electrons. The molecular weight excluding hydrogens is 336 g/mol. The highest BCUT2D eigenvalue weighted by atomic mass is 16.1. The number of nitrogens with two attached hydrogens (primary N) is 1. The normalized spacial score (nSPS) is 30.4. The van der Waals surface area contributed by atoms with Crippen LogP contribution >= 0.6 is 0 Å². The number of hydrogen-bond donors (Lipinski definition) is 2. The first-order chi connectivity index (χ1) is 13.2. The number of aromatic nitrogens is 1. The molecule has 2 aliphatic heterocycles. The molecule has 2 bridgehead atoms. The number of primary amides is 1. The van der Waals surface area contributed by atoms with Gasteiger partial charge >= 0.3 is 0 Å². The predicted molar refractivity (Wildman–Crippen MR) is 108 cm³/mol. The number of piperidine rings is 1. The smallest absolute Gasteiger partial charge is 0.252 e. The van der Waals surface area contributed by atoms with Crippen LogP contribution in [0, 0.1) is 0 Å². The van der Waals surface area contributed by atoms with Gasteiger partial charge in [0.15, 0.2) is 0 Å². The van der Waals surface area contributed by atoms with Crippen LogP contribution in [0.15, 0.2) is 12.3 Å². The highest BCUT2D eigenvalue weighted by Crippen LogP contribution is 2.42. The van der Waals surface area contributed by atoms with E-state index in [1.54, 1.807) is 6.20 Å². The Kier molecular flexibility index (Phi) is 4.43. The minimum absolute atomic E-state index is 0.393. The molecule has 2 aliphatic carbocycles. The Hall–Kier alpha value is -1.88. The first-order valence-corrected chi connectivity index (χ1v) is 10.7. The summed E-state index contributed by atoms with van der Waals surface area (Å²) in [6, 6.07) is 2.63. The van der Waals surface area contributed by atoms with Crippen LogP contribution in [-0.4, -0.2) is 40.0 Å². The average Bonchev–Trinajstić information content (AvgIpc) is 3.25. The maximum atomic E-state index is 12.0. The molecule has 2 saturated heterocycles. The number of pyridine rings is 1. The van der Waals surface area contributed by atoms with E-state index in [2.05, 4.69) is 27.4 Å². The third kappa shape index (κ3) is 3.06. The Balaban J connectivity index is 1.36.